The highest BCUT2D eigenvalue weighted by Gasteiger charge is 2.19. The van der Waals surface area contributed by atoms with Gasteiger partial charge in [-0.2, -0.15) is 0 Å². The largest absolute Gasteiger partial charge is 0.447 e. The number of anilines is 1. The molecule has 3 aromatic rings. The molecule has 0 aliphatic rings. The average Bonchev–Trinajstić information content (AvgIpc) is 3.19. The molecule has 0 bridgehead atoms. The van der Waals surface area contributed by atoms with E-state index in [1.807, 2.05) is 32.0 Å². The van der Waals surface area contributed by atoms with Gasteiger partial charge in [0.25, 0.3) is 5.91 Å². The van der Waals surface area contributed by atoms with Crippen molar-refractivity contribution >= 4 is 22.5 Å². The van der Waals surface area contributed by atoms with Crippen LogP contribution in [0.2, 0.25) is 0 Å². The zero-order valence-electron chi connectivity index (χ0n) is 15.1. The summed E-state index contributed by atoms with van der Waals surface area (Å²) < 4.78 is 7.53. The molecule has 0 unspecified atom stereocenters. The summed E-state index contributed by atoms with van der Waals surface area (Å²) in [6.07, 6.45) is 3.40. The van der Waals surface area contributed by atoms with Crippen molar-refractivity contribution < 1.29 is 9.21 Å². The molecule has 1 N–H and O–H groups in total. The van der Waals surface area contributed by atoms with Crippen molar-refractivity contribution in [1.82, 2.24) is 14.5 Å². The summed E-state index contributed by atoms with van der Waals surface area (Å²) in [6, 6.07) is 8.01. The molecular formula is C19H24N4O2. The van der Waals surface area contributed by atoms with Gasteiger partial charge >= 0.3 is 0 Å². The number of rotatable bonds is 6. The topological polar surface area (TPSA) is 63.3 Å². The number of nitrogens with one attached hydrogen (secondary N) is 1. The lowest BCUT2D eigenvalue weighted by Crippen LogP contribution is -2.18. The summed E-state index contributed by atoms with van der Waals surface area (Å²) in [5, 5.41) is 4.08. The SMILES string of the molecule is CC(C)c1ocnc1C(=O)Nc1ccc2ccn(CCN(C)C)c2c1. The maximum Gasteiger partial charge on any atom is 0.277 e. The Bertz CT molecular complexity index is 877. The Balaban J connectivity index is 1.82. The maximum absolute atomic E-state index is 12.5. The molecule has 2 heterocycles. The van der Waals surface area contributed by atoms with Gasteiger partial charge in [-0.3, -0.25) is 4.79 Å². The second kappa shape index (κ2) is 7.11. The van der Waals surface area contributed by atoms with Crippen molar-refractivity contribution in [3.05, 3.63) is 48.3 Å². The first-order chi connectivity index (χ1) is 12.0. The van der Waals surface area contributed by atoms with Crippen LogP contribution in [0.4, 0.5) is 5.69 Å². The molecule has 0 atom stereocenters. The highest BCUT2D eigenvalue weighted by molar-refractivity contribution is 6.04. The van der Waals surface area contributed by atoms with E-state index in [0.29, 0.717) is 11.5 Å². The Morgan fingerprint density at radius 3 is 2.84 bits per heavy atom. The highest BCUT2D eigenvalue weighted by atomic mass is 16.3. The van der Waals surface area contributed by atoms with Crippen molar-refractivity contribution in [2.45, 2.75) is 26.3 Å². The number of likely N-dealkylation sites (N-methyl/N-ethyl adjacent to an activating group) is 1. The summed E-state index contributed by atoms with van der Waals surface area (Å²) in [5.74, 6) is 0.463. The van der Waals surface area contributed by atoms with Crippen molar-refractivity contribution in [3.8, 4) is 0 Å². The molecule has 25 heavy (non-hydrogen) atoms. The fourth-order valence-corrected chi connectivity index (χ4v) is 2.79. The van der Waals surface area contributed by atoms with Gasteiger partial charge in [0.15, 0.2) is 12.1 Å². The fraction of sp³-hybridized carbons (Fsp3) is 0.368. The summed E-state index contributed by atoms with van der Waals surface area (Å²) >= 11 is 0. The van der Waals surface area contributed by atoms with E-state index in [-0.39, 0.29) is 11.8 Å². The lowest BCUT2D eigenvalue weighted by molar-refractivity contribution is 0.102. The summed E-state index contributed by atoms with van der Waals surface area (Å²) in [4.78, 5) is 18.7. The maximum atomic E-state index is 12.5. The van der Waals surface area contributed by atoms with Gasteiger partial charge in [-0.15, -0.1) is 0 Å². The van der Waals surface area contributed by atoms with Crippen molar-refractivity contribution in [1.29, 1.82) is 0 Å². The number of carbonyl (C=O) groups excluding carboxylic acids is 1. The lowest BCUT2D eigenvalue weighted by Gasteiger charge is -2.12. The van der Waals surface area contributed by atoms with Gasteiger partial charge in [-0.1, -0.05) is 19.9 Å². The van der Waals surface area contributed by atoms with Crippen LogP contribution in [0.15, 0.2) is 41.3 Å². The van der Waals surface area contributed by atoms with E-state index in [1.165, 1.54) is 6.39 Å². The number of nitrogens with zero attached hydrogens (tertiary/aromatic N) is 3. The Kier molecular flexibility index (Phi) is 4.90. The molecule has 2 aromatic heterocycles. The van der Waals surface area contributed by atoms with Crippen LogP contribution >= 0.6 is 0 Å². The molecular weight excluding hydrogens is 316 g/mol. The molecule has 1 aromatic carbocycles. The number of hydrogen-bond donors (Lipinski definition) is 1. The average molecular weight is 340 g/mol. The van der Waals surface area contributed by atoms with Crippen molar-refractivity contribution in [2.24, 2.45) is 0 Å². The van der Waals surface area contributed by atoms with Crippen molar-refractivity contribution in [2.75, 3.05) is 26.0 Å². The summed E-state index contributed by atoms with van der Waals surface area (Å²) in [5.41, 5.74) is 2.20. The van der Waals surface area contributed by atoms with Gasteiger partial charge < -0.3 is 19.2 Å². The first kappa shape index (κ1) is 17.2. The van der Waals surface area contributed by atoms with E-state index < -0.39 is 0 Å². The molecule has 6 nitrogen and oxygen atoms in total. The number of amides is 1. The molecule has 0 spiro atoms. The Hall–Kier alpha value is -2.60. The van der Waals surface area contributed by atoms with Gasteiger partial charge in [0.05, 0.1) is 5.52 Å². The highest BCUT2D eigenvalue weighted by Crippen LogP contribution is 2.23. The predicted octanol–water partition coefficient (Wildman–Crippen LogP) is 3.57. The Labute approximate surface area is 147 Å². The molecule has 3 rings (SSSR count). The van der Waals surface area contributed by atoms with Gasteiger partial charge in [0, 0.05) is 30.9 Å². The van der Waals surface area contributed by atoms with E-state index in [4.69, 9.17) is 4.42 Å². The third kappa shape index (κ3) is 3.74. The second-order valence-electron chi connectivity index (χ2n) is 6.76. The van der Waals surface area contributed by atoms with Gasteiger partial charge in [-0.25, -0.2) is 4.98 Å². The zero-order chi connectivity index (χ0) is 18.0. The minimum absolute atomic E-state index is 0.106. The van der Waals surface area contributed by atoms with Gasteiger partial charge in [0.1, 0.15) is 5.76 Å². The molecule has 6 heteroatoms. The minimum Gasteiger partial charge on any atom is -0.447 e. The molecule has 0 aliphatic heterocycles. The number of carbonyl (C=O) groups is 1. The minimum atomic E-state index is -0.247. The van der Waals surface area contributed by atoms with E-state index in [0.717, 1.165) is 29.7 Å². The first-order valence-electron chi connectivity index (χ1n) is 8.44. The lowest BCUT2D eigenvalue weighted by atomic mass is 10.1. The van der Waals surface area contributed by atoms with Crippen LogP contribution < -0.4 is 5.32 Å². The number of aromatic nitrogens is 2. The molecule has 0 aliphatic carbocycles. The molecule has 0 radical (unpaired) electrons. The predicted molar refractivity (Wildman–Crippen MR) is 99.0 cm³/mol. The fourth-order valence-electron chi connectivity index (χ4n) is 2.79. The quantitative estimate of drug-likeness (QED) is 0.745. The Morgan fingerprint density at radius 2 is 2.12 bits per heavy atom. The van der Waals surface area contributed by atoms with E-state index in [9.17, 15) is 4.79 Å². The third-order valence-electron chi connectivity index (χ3n) is 4.15. The third-order valence-corrected chi connectivity index (χ3v) is 4.15. The standard InChI is InChI=1S/C19H24N4O2/c1-13(2)18-17(20-12-25-18)19(24)21-15-6-5-14-7-8-23(16(14)11-15)10-9-22(3)4/h5-8,11-13H,9-10H2,1-4H3,(H,21,24). The zero-order valence-corrected chi connectivity index (χ0v) is 15.1. The van der Waals surface area contributed by atoms with Crippen LogP contribution in [-0.2, 0) is 6.54 Å². The monoisotopic (exact) mass is 340 g/mol. The van der Waals surface area contributed by atoms with Gasteiger partial charge in [0.2, 0.25) is 0 Å². The molecule has 0 fully saturated rings. The van der Waals surface area contributed by atoms with Gasteiger partial charge in [-0.05, 0) is 37.7 Å². The molecule has 0 saturated carbocycles. The van der Waals surface area contributed by atoms with E-state index in [1.54, 1.807) is 0 Å². The van der Waals surface area contributed by atoms with Crippen LogP contribution in [-0.4, -0.2) is 41.0 Å². The van der Waals surface area contributed by atoms with Crippen LogP contribution in [0.5, 0.6) is 0 Å². The Morgan fingerprint density at radius 1 is 1.32 bits per heavy atom. The summed E-state index contributed by atoms with van der Waals surface area (Å²) in [6.45, 7) is 5.80. The second-order valence-corrected chi connectivity index (χ2v) is 6.76. The van der Waals surface area contributed by atoms with Crippen molar-refractivity contribution in [3.63, 3.8) is 0 Å². The van der Waals surface area contributed by atoms with Crippen LogP contribution in [0.1, 0.15) is 36.0 Å². The van der Waals surface area contributed by atoms with Crippen LogP contribution in [0.25, 0.3) is 10.9 Å². The molecule has 0 saturated heterocycles. The molecule has 1 amide bonds. The van der Waals surface area contributed by atoms with Crippen LogP contribution in [0, 0.1) is 0 Å². The van der Waals surface area contributed by atoms with E-state index >= 15 is 0 Å². The molecule has 132 valence electrons. The summed E-state index contributed by atoms with van der Waals surface area (Å²) in [7, 11) is 4.11. The van der Waals surface area contributed by atoms with E-state index in [2.05, 4.69) is 46.1 Å². The number of fused-ring (bicyclic) bond motifs is 1. The number of hydrogen-bond acceptors (Lipinski definition) is 4. The number of oxazole rings is 1. The van der Waals surface area contributed by atoms with Crippen LogP contribution in [0.3, 0.4) is 0 Å². The smallest absolute Gasteiger partial charge is 0.277 e. The first-order valence-corrected chi connectivity index (χ1v) is 8.44. The normalized spacial score (nSPS) is 11.6. The number of benzene rings is 1.